The maximum absolute atomic E-state index is 13.1. The number of esters is 1. The summed E-state index contributed by atoms with van der Waals surface area (Å²) in [5.74, 6) is -0.675. The maximum Gasteiger partial charge on any atom is 0.354 e. The van der Waals surface area contributed by atoms with Crippen LogP contribution in [0.5, 0.6) is 5.88 Å². The lowest BCUT2D eigenvalue weighted by Crippen LogP contribution is -2.06. The summed E-state index contributed by atoms with van der Waals surface area (Å²) in [6, 6.07) is 13.1. The van der Waals surface area contributed by atoms with Gasteiger partial charge in [-0.2, -0.15) is 0 Å². The van der Waals surface area contributed by atoms with Gasteiger partial charge in [-0.05, 0) is 37.3 Å². The Hall–Kier alpha value is -2.44. The Morgan fingerprint density at radius 3 is 2.62 bits per heavy atom. The Labute approximate surface area is 159 Å². The molecule has 3 aromatic rings. The summed E-state index contributed by atoms with van der Waals surface area (Å²) < 4.78 is 23.9. The molecule has 1 aromatic heterocycles. The second kappa shape index (κ2) is 8.29. The number of hydrogen-bond acceptors (Lipinski definition) is 5. The summed E-state index contributed by atoms with van der Waals surface area (Å²) in [6.07, 6.45) is 0. The van der Waals surface area contributed by atoms with Crippen molar-refractivity contribution in [1.29, 1.82) is 0 Å². The number of aromatic nitrogens is 1. The minimum atomic E-state index is -0.507. The monoisotopic (exact) mass is 391 g/mol. The molecule has 0 aliphatic heterocycles. The molecule has 0 radical (unpaired) electrons. The molecule has 7 heteroatoms. The van der Waals surface area contributed by atoms with Crippen molar-refractivity contribution in [3.8, 4) is 16.5 Å². The average molecular weight is 392 g/mol. The van der Waals surface area contributed by atoms with Crippen molar-refractivity contribution in [2.45, 2.75) is 13.5 Å². The van der Waals surface area contributed by atoms with Gasteiger partial charge < -0.3 is 9.47 Å². The molecule has 0 fully saturated rings. The van der Waals surface area contributed by atoms with Crippen LogP contribution in [0, 0.1) is 5.82 Å². The molecule has 0 amide bonds. The molecule has 0 aliphatic rings. The summed E-state index contributed by atoms with van der Waals surface area (Å²) in [7, 11) is 0. The predicted molar refractivity (Wildman–Crippen MR) is 99.2 cm³/mol. The number of rotatable bonds is 6. The third-order valence-electron chi connectivity index (χ3n) is 3.47. The standard InChI is InChI=1S/C19H15ClFNO3S/c1-2-24-19(23)16-17(25-11-13-5-3-4-6-15(13)20)22-18(26-16)12-7-9-14(21)10-8-12/h3-10H,2,11H2,1H3. The van der Waals surface area contributed by atoms with Crippen molar-refractivity contribution in [1.82, 2.24) is 4.98 Å². The van der Waals surface area contributed by atoms with Crippen molar-refractivity contribution in [2.75, 3.05) is 6.61 Å². The number of hydrogen-bond donors (Lipinski definition) is 0. The van der Waals surface area contributed by atoms with Crippen LogP contribution >= 0.6 is 22.9 Å². The fourth-order valence-electron chi connectivity index (χ4n) is 2.21. The molecule has 0 bridgehead atoms. The zero-order valence-electron chi connectivity index (χ0n) is 13.9. The van der Waals surface area contributed by atoms with Crippen LogP contribution in [0.1, 0.15) is 22.2 Å². The normalized spacial score (nSPS) is 10.6. The molecule has 0 unspecified atom stereocenters. The summed E-state index contributed by atoms with van der Waals surface area (Å²) in [5.41, 5.74) is 1.47. The maximum atomic E-state index is 13.1. The van der Waals surface area contributed by atoms with Crippen molar-refractivity contribution in [3.63, 3.8) is 0 Å². The number of thiazole rings is 1. The zero-order chi connectivity index (χ0) is 18.5. The number of ether oxygens (including phenoxy) is 2. The molecule has 0 atom stereocenters. The van der Waals surface area contributed by atoms with Crippen LogP contribution in [-0.2, 0) is 11.3 Å². The molecule has 0 spiro atoms. The van der Waals surface area contributed by atoms with Gasteiger partial charge in [0.05, 0.1) is 6.61 Å². The summed E-state index contributed by atoms with van der Waals surface area (Å²) >= 11 is 7.27. The van der Waals surface area contributed by atoms with E-state index < -0.39 is 5.97 Å². The lowest BCUT2D eigenvalue weighted by molar-refractivity contribution is 0.0526. The second-order valence-corrected chi connectivity index (χ2v) is 6.67. The quantitative estimate of drug-likeness (QED) is 0.531. The van der Waals surface area contributed by atoms with E-state index in [1.54, 1.807) is 25.1 Å². The highest BCUT2D eigenvalue weighted by atomic mass is 35.5. The molecule has 0 saturated heterocycles. The molecule has 0 aliphatic carbocycles. The van der Waals surface area contributed by atoms with E-state index in [1.165, 1.54) is 12.1 Å². The first-order chi connectivity index (χ1) is 12.6. The lowest BCUT2D eigenvalue weighted by Gasteiger charge is -2.07. The van der Waals surface area contributed by atoms with Crippen LogP contribution in [0.2, 0.25) is 5.02 Å². The summed E-state index contributed by atoms with van der Waals surface area (Å²) in [6.45, 7) is 2.13. The Kier molecular flexibility index (Phi) is 5.85. The van der Waals surface area contributed by atoms with Gasteiger partial charge in [-0.3, -0.25) is 0 Å². The molecule has 0 N–H and O–H groups in total. The van der Waals surface area contributed by atoms with E-state index in [2.05, 4.69) is 4.98 Å². The van der Waals surface area contributed by atoms with Gasteiger partial charge in [0.25, 0.3) is 0 Å². The fourth-order valence-corrected chi connectivity index (χ4v) is 3.31. The first kappa shape index (κ1) is 18.4. The van der Waals surface area contributed by atoms with Gasteiger partial charge in [-0.25, -0.2) is 14.2 Å². The van der Waals surface area contributed by atoms with Gasteiger partial charge in [-0.1, -0.05) is 29.8 Å². The van der Waals surface area contributed by atoms with E-state index in [0.29, 0.717) is 15.6 Å². The first-order valence-electron chi connectivity index (χ1n) is 7.88. The van der Waals surface area contributed by atoms with Crippen LogP contribution in [0.4, 0.5) is 4.39 Å². The molecular weight excluding hydrogens is 377 g/mol. The number of benzene rings is 2. The Morgan fingerprint density at radius 2 is 1.92 bits per heavy atom. The smallest absolute Gasteiger partial charge is 0.354 e. The molecule has 2 aromatic carbocycles. The zero-order valence-corrected chi connectivity index (χ0v) is 15.4. The molecule has 26 heavy (non-hydrogen) atoms. The molecular formula is C19H15ClFNO3S. The predicted octanol–water partition coefficient (Wildman–Crippen LogP) is 5.36. The molecule has 4 nitrogen and oxygen atoms in total. The van der Waals surface area contributed by atoms with Gasteiger partial charge in [0.1, 0.15) is 17.4 Å². The highest BCUT2D eigenvalue weighted by molar-refractivity contribution is 7.17. The average Bonchev–Trinajstić information content (AvgIpc) is 3.06. The van der Waals surface area contributed by atoms with Crippen LogP contribution < -0.4 is 4.74 Å². The fraction of sp³-hybridized carbons (Fsp3) is 0.158. The van der Waals surface area contributed by atoms with E-state index in [1.807, 2.05) is 18.2 Å². The largest absolute Gasteiger partial charge is 0.472 e. The number of carbonyl (C=O) groups is 1. The third kappa shape index (κ3) is 4.20. The second-order valence-electron chi connectivity index (χ2n) is 5.26. The van der Waals surface area contributed by atoms with E-state index in [9.17, 15) is 9.18 Å². The van der Waals surface area contributed by atoms with Crippen molar-refractivity contribution in [3.05, 3.63) is 69.8 Å². The Morgan fingerprint density at radius 1 is 1.19 bits per heavy atom. The van der Waals surface area contributed by atoms with E-state index in [-0.39, 0.29) is 29.8 Å². The molecule has 1 heterocycles. The lowest BCUT2D eigenvalue weighted by atomic mass is 10.2. The van der Waals surface area contributed by atoms with Gasteiger partial charge >= 0.3 is 5.97 Å². The van der Waals surface area contributed by atoms with E-state index in [0.717, 1.165) is 16.9 Å². The Balaban J connectivity index is 1.90. The minimum absolute atomic E-state index is 0.165. The van der Waals surface area contributed by atoms with Crippen molar-refractivity contribution < 1.29 is 18.7 Å². The number of halogens is 2. The van der Waals surface area contributed by atoms with Crippen LogP contribution in [0.15, 0.2) is 48.5 Å². The molecule has 0 saturated carbocycles. The van der Waals surface area contributed by atoms with Gasteiger partial charge in [-0.15, -0.1) is 11.3 Å². The number of carbonyl (C=O) groups excluding carboxylic acids is 1. The van der Waals surface area contributed by atoms with Gasteiger partial charge in [0.2, 0.25) is 5.88 Å². The van der Waals surface area contributed by atoms with Gasteiger partial charge in [0.15, 0.2) is 4.88 Å². The molecule has 134 valence electrons. The summed E-state index contributed by atoms with van der Waals surface area (Å²) in [5, 5.41) is 1.11. The van der Waals surface area contributed by atoms with Crippen molar-refractivity contribution in [2.24, 2.45) is 0 Å². The first-order valence-corrected chi connectivity index (χ1v) is 9.08. The van der Waals surface area contributed by atoms with Crippen molar-refractivity contribution >= 4 is 28.9 Å². The number of nitrogens with zero attached hydrogens (tertiary/aromatic N) is 1. The third-order valence-corrected chi connectivity index (χ3v) is 4.90. The highest BCUT2D eigenvalue weighted by Gasteiger charge is 2.22. The minimum Gasteiger partial charge on any atom is -0.472 e. The topological polar surface area (TPSA) is 48.4 Å². The van der Waals surface area contributed by atoms with Crippen LogP contribution in [0.25, 0.3) is 10.6 Å². The summed E-state index contributed by atoms with van der Waals surface area (Å²) in [4.78, 5) is 16.9. The van der Waals surface area contributed by atoms with Crippen LogP contribution in [0.3, 0.4) is 0 Å². The van der Waals surface area contributed by atoms with E-state index in [4.69, 9.17) is 21.1 Å². The van der Waals surface area contributed by atoms with E-state index >= 15 is 0 Å². The Bertz CT molecular complexity index is 911. The highest BCUT2D eigenvalue weighted by Crippen LogP contribution is 2.34. The SMILES string of the molecule is CCOC(=O)c1sc(-c2ccc(F)cc2)nc1OCc1ccccc1Cl. The van der Waals surface area contributed by atoms with Crippen LogP contribution in [-0.4, -0.2) is 17.6 Å². The van der Waals surface area contributed by atoms with Gasteiger partial charge in [0, 0.05) is 16.1 Å². The molecule has 3 rings (SSSR count).